The van der Waals surface area contributed by atoms with Gasteiger partial charge < -0.3 is 4.90 Å². The highest BCUT2D eigenvalue weighted by Crippen LogP contribution is 2.27. The Hall–Kier alpha value is -0.830. The zero-order valence-electron chi connectivity index (χ0n) is 9.20. The van der Waals surface area contributed by atoms with E-state index >= 15 is 0 Å². The molecule has 0 radical (unpaired) electrons. The maximum absolute atomic E-state index is 5.82. The predicted molar refractivity (Wildman–Crippen MR) is 62.4 cm³/mol. The first kappa shape index (κ1) is 10.7. The van der Waals surface area contributed by atoms with Crippen LogP contribution < -0.4 is 4.90 Å². The van der Waals surface area contributed by atoms with E-state index in [1.54, 1.807) is 6.20 Å². The van der Waals surface area contributed by atoms with Crippen LogP contribution in [0.25, 0.3) is 0 Å². The summed E-state index contributed by atoms with van der Waals surface area (Å²) in [6.07, 6.45) is 6.96. The van der Waals surface area contributed by atoms with Crippen molar-refractivity contribution in [2.45, 2.75) is 38.6 Å². The first-order chi connectivity index (χ1) is 7.18. The number of hydrogen-bond donors (Lipinski definition) is 0. The van der Waals surface area contributed by atoms with Gasteiger partial charge in [0.15, 0.2) is 0 Å². The van der Waals surface area contributed by atoms with E-state index in [0.717, 1.165) is 11.4 Å². The second kappa shape index (κ2) is 4.35. The average Bonchev–Trinajstić information content (AvgIpc) is 2.74. The topological polar surface area (TPSA) is 29.0 Å². The smallest absolute Gasteiger partial charge is 0.224 e. The van der Waals surface area contributed by atoms with Crippen LogP contribution in [0.3, 0.4) is 0 Å². The van der Waals surface area contributed by atoms with Crippen molar-refractivity contribution in [2.75, 3.05) is 11.9 Å². The van der Waals surface area contributed by atoms with Crippen LogP contribution >= 0.6 is 11.6 Å². The highest BCUT2D eigenvalue weighted by molar-refractivity contribution is 6.28. The summed E-state index contributed by atoms with van der Waals surface area (Å²) in [5.74, 6) is 0.974. The molecule has 1 fully saturated rings. The van der Waals surface area contributed by atoms with Crippen molar-refractivity contribution in [1.29, 1.82) is 0 Å². The third-order valence-electron chi connectivity index (χ3n) is 3.12. The fraction of sp³-hybridized carbons (Fsp3) is 0.636. The Morgan fingerprint density at radius 3 is 2.73 bits per heavy atom. The number of nitrogens with zero attached hydrogens (tertiary/aromatic N) is 3. The molecule has 0 bridgehead atoms. The van der Waals surface area contributed by atoms with Crippen LogP contribution in [0.2, 0.25) is 5.28 Å². The summed E-state index contributed by atoms with van der Waals surface area (Å²) < 4.78 is 0. The van der Waals surface area contributed by atoms with Gasteiger partial charge in [-0.1, -0.05) is 12.8 Å². The summed E-state index contributed by atoms with van der Waals surface area (Å²) in [7, 11) is 2.10. The molecule has 0 saturated heterocycles. The van der Waals surface area contributed by atoms with Crippen molar-refractivity contribution in [2.24, 2.45) is 0 Å². The van der Waals surface area contributed by atoms with Crippen molar-refractivity contribution in [3.05, 3.63) is 17.0 Å². The van der Waals surface area contributed by atoms with Crippen molar-refractivity contribution in [3.8, 4) is 0 Å². The van der Waals surface area contributed by atoms with Gasteiger partial charge in [0.2, 0.25) is 5.28 Å². The highest BCUT2D eigenvalue weighted by Gasteiger charge is 2.21. The summed E-state index contributed by atoms with van der Waals surface area (Å²) in [5, 5.41) is 0.334. The molecule has 0 unspecified atom stereocenters. The van der Waals surface area contributed by atoms with Crippen molar-refractivity contribution in [3.63, 3.8) is 0 Å². The van der Waals surface area contributed by atoms with Crippen LogP contribution in [0, 0.1) is 6.92 Å². The van der Waals surface area contributed by atoms with Crippen molar-refractivity contribution in [1.82, 2.24) is 9.97 Å². The number of aryl methyl sites for hydroxylation is 1. The van der Waals surface area contributed by atoms with Crippen LogP contribution in [0.1, 0.15) is 31.2 Å². The van der Waals surface area contributed by atoms with Gasteiger partial charge in [0, 0.05) is 24.8 Å². The normalized spacial score (nSPS) is 17.0. The Morgan fingerprint density at radius 1 is 1.40 bits per heavy atom. The Bertz CT molecular complexity index is 348. The number of aromatic nitrogens is 2. The minimum absolute atomic E-state index is 0.334. The maximum atomic E-state index is 5.82. The molecule has 0 amide bonds. The van der Waals surface area contributed by atoms with Gasteiger partial charge in [0.05, 0.1) is 0 Å². The lowest BCUT2D eigenvalue weighted by molar-refractivity contribution is 0.644. The molecule has 0 aliphatic heterocycles. The molecule has 4 heteroatoms. The molecular formula is C11H16ClN3. The molecular weight excluding hydrogens is 210 g/mol. The maximum Gasteiger partial charge on any atom is 0.224 e. The van der Waals surface area contributed by atoms with Crippen LogP contribution in [0.5, 0.6) is 0 Å². The van der Waals surface area contributed by atoms with Crippen molar-refractivity contribution >= 4 is 17.4 Å². The lowest BCUT2D eigenvalue weighted by Gasteiger charge is -2.26. The summed E-state index contributed by atoms with van der Waals surface area (Å²) in [6, 6.07) is 0.620. The summed E-state index contributed by atoms with van der Waals surface area (Å²) in [5.41, 5.74) is 1.09. The van der Waals surface area contributed by atoms with Gasteiger partial charge in [0.25, 0.3) is 0 Å². The number of rotatable bonds is 2. The van der Waals surface area contributed by atoms with Crippen LogP contribution in [0.15, 0.2) is 6.20 Å². The van der Waals surface area contributed by atoms with Gasteiger partial charge in [-0.05, 0) is 31.4 Å². The largest absolute Gasteiger partial charge is 0.356 e. The van der Waals surface area contributed by atoms with Gasteiger partial charge >= 0.3 is 0 Å². The van der Waals surface area contributed by atoms with Gasteiger partial charge in [-0.3, -0.25) is 0 Å². The fourth-order valence-electron chi connectivity index (χ4n) is 2.23. The molecule has 1 aromatic rings. The molecule has 0 aromatic carbocycles. The average molecular weight is 226 g/mol. The molecule has 2 rings (SSSR count). The molecule has 1 aromatic heterocycles. The number of anilines is 1. The third kappa shape index (κ3) is 2.23. The molecule has 82 valence electrons. The van der Waals surface area contributed by atoms with Crippen LogP contribution in [-0.2, 0) is 0 Å². The Kier molecular flexibility index (Phi) is 3.10. The minimum Gasteiger partial charge on any atom is -0.356 e. The molecule has 1 heterocycles. The fourth-order valence-corrected chi connectivity index (χ4v) is 2.36. The highest BCUT2D eigenvalue weighted by atomic mass is 35.5. The Labute approximate surface area is 95.5 Å². The van der Waals surface area contributed by atoms with E-state index in [2.05, 4.69) is 21.9 Å². The van der Waals surface area contributed by atoms with E-state index in [-0.39, 0.29) is 0 Å². The summed E-state index contributed by atoms with van der Waals surface area (Å²) in [6.45, 7) is 2.02. The van der Waals surface area contributed by atoms with Crippen LogP contribution in [-0.4, -0.2) is 23.1 Å². The van der Waals surface area contributed by atoms with E-state index in [0.29, 0.717) is 11.3 Å². The van der Waals surface area contributed by atoms with E-state index in [1.807, 2.05) is 6.92 Å². The molecule has 3 nitrogen and oxygen atoms in total. The van der Waals surface area contributed by atoms with Gasteiger partial charge in [-0.15, -0.1) is 0 Å². The quantitative estimate of drug-likeness (QED) is 0.725. The monoisotopic (exact) mass is 225 g/mol. The third-order valence-corrected chi connectivity index (χ3v) is 3.30. The number of halogens is 1. The SMILES string of the molecule is Cc1cnc(Cl)nc1N(C)C1CCCC1. The molecule has 1 saturated carbocycles. The molecule has 1 aliphatic rings. The first-order valence-electron chi connectivity index (χ1n) is 5.40. The lowest BCUT2D eigenvalue weighted by atomic mass is 10.2. The molecule has 0 atom stereocenters. The molecule has 0 N–H and O–H groups in total. The first-order valence-corrected chi connectivity index (χ1v) is 5.78. The van der Waals surface area contributed by atoms with Gasteiger partial charge in [0.1, 0.15) is 5.82 Å². The predicted octanol–water partition coefficient (Wildman–Crippen LogP) is 2.82. The zero-order chi connectivity index (χ0) is 10.8. The summed E-state index contributed by atoms with van der Waals surface area (Å²) >= 11 is 5.82. The van der Waals surface area contributed by atoms with E-state index in [9.17, 15) is 0 Å². The van der Waals surface area contributed by atoms with E-state index in [4.69, 9.17) is 11.6 Å². The van der Waals surface area contributed by atoms with Gasteiger partial charge in [-0.25, -0.2) is 9.97 Å². The van der Waals surface area contributed by atoms with Gasteiger partial charge in [-0.2, -0.15) is 0 Å². The molecule has 0 spiro atoms. The zero-order valence-corrected chi connectivity index (χ0v) is 9.96. The molecule has 15 heavy (non-hydrogen) atoms. The number of hydrogen-bond acceptors (Lipinski definition) is 3. The van der Waals surface area contributed by atoms with Crippen LogP contribution in [0.4, 0.5) is 5.82 Å². The Morgan fingerprint density at radius 2 is 2.07 bits per heavy atom. The van der Waals surface area contributed by atoms with E-state index < -0.39 is 0 Å². The Balaban J connectivity index is 2.23. The molecule has 1 aliphatic carbocycles. The lowest BCUT2D eigenvalue weighted by Crippen LogP contribution is -2.30. The summed E-state index contributed by atoms with van der Waals surface area (Å²) in [4.78, 5) is 10.5. The van der Waals surface area contributed by atoms with Crippen molar-refractivity contribution < 1.29 is 0 Å². The van der Waals surface area contributed by atoms with E-state index in [1.165, 1.54) is 25.7 Å². The minimum atomic E-state index is 0.334. The standard InChI is InChI=1S/C11H16ClN3/c1-8-7-13-11(12)14-10(8)15(2)9-5-3-4-6-9/h7,9H,3-6H2,1-2H3. The second-order valence-electron chi connectivity index (χ2n) is 4.19. The second-order valence-corrected chi connectivity index (χ2v) is 4.53.